The fourth-order valence-electron chi connectivity index (χ4n) is 3.67. The van der Waals surface area contributed by atoms with Gasteiger partial charge in [-0.25, -0.2) is 8.42 Å². The molecule has 1 heterocycles. The number of aromatic nitrogens is 2. The second-order valence-corrected chi connectivity index (χ2v) is 9.94. The Hall–Kier alpha value is -3.64. The molecule has 1 aromatic heterocycles. The molecule has 0 unspecified atom stereocenters. The van der Waals surface area contributed by atoms with Gasteiger partial charge >= 0.3 is 0 Å². The van der Waals surface area contributed by atoms with Gasteiger partial charge in [0.1, 0.15) is 0 Å². The molecule has 0 spiro atoms. The molecule has 8 nitrogen and oxygen atoms in total. The maximum Gasteiger partial charge on any atom is 0.261 e. The molecule has 1 amide bonds. The molecule has 0 aliphatic heterocycles. The van der Waals surface area contributed by atoms with Gasteiger partial charge in [-0.3, -0.25) is 14.2 Å². The molecule has 3 aromatic rings. The SMILES string of the molecule is Cc1ccc(NS(=O)(=O)c2ccc(NC(=O)CCc3c(C)nn(CCC#N)c3C)cc2)cc1C. The lowest BCUT2D eigenvalue weighted by Gasteiger charge is -2.11. The van der Waals surface area contributed by atoms with Crippen LogP contribution in [0.1, 0.15) is 40.9 Å². The molecule has 0 saturated heterocycles. The lowest BCUT2D eigenvalue weighted by Crippen LogP contribution is -2.14. The number of amides is 1. The topological polar surface area (TPSA) is 117 Å². The average Bonchev–Trinajstić information content (AvgIpc) is 3.06. The van der Waals surface area contributed by atoms with Crippen molar-refractivity contribution in [1.82, 2.24) is 9.78 Å². The highest BCUT2D eigenvalue weighted by molar-refractivity contribution is 7.92. The number of nitrogens with zero attached hydrogens (tertiary/aromatic N) is 3. The van der Waals surface area contributed by atoms with Crippen LogP contribution < -0.4 is 10.0 Å². The summed E-state index contributed by atoms with van der Waals surface area (Å²) in [4.78, 5) is 12.6. The quantitative estimate of drug-likeness (QED) is 0.472. The molecule has 178 valence electrons. The van der Waals surface area contributed by atoms with Crippen LogP contribution in [0.4, 0.5) is 11.4 Å². The van der Waals surface area contributed by atoms with Gasteiger partial charge in [-0.05, 0) is 87.2 Å². The minimum absolute atomic E-state index is 0.111. The maximum atomic E-state index is 12.7. The van der Waals surface area contributed by atoms with E-state index in [4.69, 9.17) is 5.26 Å². The van der Waals surface area contributed by atoms with Gasteiger partial charge in [0.15, 0.2) is 0 Å². The van der Waals surface area contributed by atoms with Gasteiger partial charge in [0.2, 0.25) is 5.91 Å². The van der Waals surface area contributed by atoms with Crippen molar-refractivity contribution in [2.45, 2.75) is 58.4 Å². The van der Waals surface area contributed by atoms with E-state index in [2.05, 4.69) is 21.2 Å². The Morgan fingerprint density at radius 2 is 1.71 bits per heavy atom. The number of carbonyl (C=O) groups excluding carboxylic acids is 1. The number of rotatable bonds is 9. The number of anilines is 2. The van der Waals surface area contributed by atoms with Crippen LogP contribution in [0.2, 0.25) is 0 Å². The molecule has 0 aliphatic rings. The standard InChI is InChI=1S/C25H29N5O3S/c1-17-6-7-22(16-18(17)2)29-34(32,33)23-10-8-21(9-11-23)27-25(31)13-12-24-19(3)28-30(20(24)4)15-5-14-26/h6-11,16,29H,5,12-13,15H2,1-4H3,(H,27,31). The van der Waals surface area contributed by atoms with Gasteiger partial charge in [-0.1, -0.05) is 6.07 Å². The van der Waals surface area contributed by atoms with Gasteiger partial charge in [-0.15, -0.1) is 0 Å². The van der Waals surface area contributed by atoms with E-state index in [9.17, 15) is 13.2 Å². The summed E-state index contributed by atoms with van der Waals surface area (Å²) < 4.78 is 29.8. The molecule has 0 aliphatic carbocycles. The summed E-state index contributed by atoms with van der Waals surface area (Å²) in [6, 6.07) is 13.6. The molecule has 2 N–H and O–H groups in total. The Kier molecular flexibility index (Phi) is 7.74. The Balaban J connectivity index is 1.60. The summed E-state index contributed by atoms with van der Waals surface area (Å²) in [5.41, 5.74) is 5.93. The summed E-state index contributed by atoms with van der Waals surface area (Å²) in [6.07, 6.45) is 1.18. The predicted octanol–water partition coefficient (Wildman–Crippen LogP) is 4.40. The third-order valence-electron chi connectivity index (χ3n) is 5.78. The molecule has 2 aromatic carbocycles. The minimum Gasteiger partial charge on any atom is -0.326 e. The zero-order chi connectivity index (χ0) is 24.9. The number of carbonyl (C=O) groups is 1. The molecule has 0 bridgehead atoms. The Labute approximate surface area is 200 Å². The fraction of sp³-hybridized carbons (Fsp3) is 0.320. The highest BCUT2D eigenvalue weighted by atomic mass is 32.2. The summed E-state index contributed by atoms with van der Waals surface area (Å²) in [5, 5.41) is 16.0. The van der Waals surface area contributed by atoms with Crippen LogP contribution >= 0.6 is 0 Å². The number of aryl methyl sites for hydroxylation is 4. The molecule has 0 saturated carbocycles. The van der Waals surface area contributed by atoms with Gasteiger partial charge < -0.3 is 5.32 Å². The molecular formula is C25H29N5O3S. The van der Waals surface area contributed by atoms with E-state index in [1.54, 1.807) is 28.9 Å². The number of nitriles is 1. The Morgan fingerprint density at radius 3 is 2.35 bits per heavy atom. The lowest BCUT2D eigenvalue weighted by molar-refractivity contribution is -0.116. The molecule has 0 atom stereocenters. The third-order valence-corrected chi connectivity index (χ3v) is 7.17. The maximum absolute atomic E-state index is 12.7. The van der Waals surface area contributed by atoms with Gasteiger partial charge in [0.25, 0.3) is 10.0 Å². The Bertz CT molecular complexity index is 1340. The number of benzene rings is 2. The van der Waals surface area contributed by atoms with Crippen LogP contribution in [0.15, 0.2) is 47.4 Å². The van der Waals surface area contributed by atoms with Gasteiger partial charge in [-0.2, -0.15) is 10.4 Å². The lowest BCUT2D eigenvalue weighted by atomic mass is 10.1. The van der Waals surface area contributed by atoms with Gasteiger partial charge in [0.05, 0.1) is 29.6 Å². The zero-order valence-electron chi connectivity index (χ0n) is 19.8. The van der Waals surface area contributed by atoms with E-state index < -0.39 is 10.0 Å². The van der Waals surface area contributed by atoms with Crippen LogP contribution in [-0.2, 0) is 27.8 Å². The van der Waals surface area contributed by atoms with Crippen molar-refractivity contribution < 1.29 is 13.2 Å². The largest absolute Gasteiger partial charge is 0.326 e. The first-order valence-corrected chi connectivity index (χ1v) is 12.5. The first-order valence-electron chi connectivity index (χ1n) is 11.0. The molecule has 0 fully saturated rings. The molecule has 9 heteroatoms. The highest BCUT2D eigenvalue weighted by Gasteiger charge is 2.16. The van der Waals surface area contributed by atoms with E-state index in [1.807, 2.05) is 33.8 Å². The van der Waals surface area contributed by atoms with Crippen LogP contribution in [0.25, 0.3) is 0 Å². The van der Waals surface area contributed by atoms with Crippen molar-refractivity contribution in [3.8, 4) is 6.07 Å². The number of nitrogens with one attached hydrogen (secondary N) is 2. The molecule has 0 radical (unpaired) electrons. The summed E-state index contributed by atoms with van der Waals surface area (Å²) in [5.74, 6) is -0.174. The van der Waals surface area contributed by atoms with Crippen LogP contribution in [0, 0.1) is 39.0 Å². The Morgan fingerprint density at radius 1 is 1.03 bits per heavy atom. The molecule has 34 heavy (non-hydrogen) atoms. The van der Waals surface area contributed by atoms with Crippen LogP contribution in [-0.4, -0.2) is 24.1 Å². The highest BCUT2D eigenvalue weighted by Crippen LogP contribution is 2.21. The van der Waals surface area contributed by atoms with E-state index >= 15 is 0 Å². The number of hydrogen-bond donors (Lipinski definition) is 2. The van der Waals surface area contributed by atoms with E-state index in [1.165, 1.54) is 12.1 Å². The van der Waals surface area contributed by atoms with E-state index in [0.29, 0.717) is 30.8 Å². The molecule has 3 rings (SSSR count). The van der Waals surface area contributed by atoms with Crippen molar-refractivity contribution in [2.75, 3.05) is 10.0 Å². The second kappa shape index (κ2) is 10.5. The zero-order valence-corrected chi connectivity index (χ0v) is 20.7. The average molecular weight is 480 g/mol. The number of hydrogen-bond acceptors (Lipinski definition) is 5. The first kappa shape index (κ1) is 25.0. The number of sulfonamides is 1. The van der Waals surface area contributed by atoms with Crippen molar-refractivity contribution in [2.24, 2.45) is 0 Å². The van der Waals surface area contributed by atoms with Crippen LogP contribution in [0.5, 0.6) is 0 Å². The van der Waals surface area contributed by atoms with E-state index in [-0.39, 0.29) is 17.2 Å². The summed E-state index contributed by atoms with van der Waals surface area (Å²) in [6.45, 7) is 8.26. The fourth-order valence-corrected chi connectivity index (χ4v) is 4.72. The summed E-state index contributed by atoms with van der Waals surface area (Å²) in [7, 11) is -3.74. The summed E-state index contributed by atoms with van der Waals surface area (Å²) >= 11 is 0. The molecular weight excluding hydrogens is 450 g/mol. The van der Waals surface area contributed by atoms with E-state index in [0.717, 1.165) is 28.1 Å². The predicted molar refractivity (Wildman–Crippen MR) is 132 cm³/mol. The minimum atomic E-state index is -3.74. The second-order valence-electron chi connectivity index (χ2n) is 8.26. The smallest absolute Gasteiger partial charge is 0.261 e. The van der Waals surface area contributed by atoms with Crippen molar-refractivity contribution in [3.63, 3.8) is 0 Å². The first-order chi connectivity index (χ1) is 16.1. The normalized spacial score (nSPS) is 11.1. The third kappa shape index (κ3) is 6.02. The van der Waals surface area contributed by atoms with Gasteiger partial charge in [0, 0.05) is 23.5 Å². The van der Waals surface area contributed by atoms with Crippen molar-refractivity contribution in [1.29, 1.82) is 5.26 Å². The van der Waals surface area contributed by atoms with Crippen molar-refractivity contribution in [3.05, 3.63) is 70.5 Å². The van der Waals surface area contributed by atoms with Crippen molar-refractivity contribution >= 4 is 27.3 Å². The monoisotopic (exact) mass is 479 g/mol. The van der Waals surface area contributed by atoms with Crippen LogP contribution in [0.3, 0.4) is 0 Å².